The van der Waals surface area contributed by atoms with Gasteiger partial charge in [-0.15, -0.1) is 0 Å². The van der Waals surface area contributed by atoms with Crippen LogP contribution in [-0.4, -0.2) is 6.04 Å². The summed E-state index contributed by atoms with van der Waals surface area (Å²) in [5.41, 5.74) is 2.07. The molecule has 4 atom stereocenters. The lowest BCUT2D eigenvalue weighted by atomic mass is 9.68. The maximum atomic E-state index is 6.35. The summed E-state index contributed by atoms with van der Waals surface area (Å²) in [7, 11) is 0. The summed E-state index contributed by atoms with van der Waals surface area (Å²) in [6.45, 7) is 9.60. The SMILES string of the molecule is C[C@H](NC1C2(C)CCC(C2)C1(C)C)c1ccccc1Cl. The van der Waals surface area contributed by atoms with E-state index in [9.17, 15) is 0 Å². The van der Waals surface area contributed by atoms with Crippen molar-refractivity contribution in [2.24, 2.45) is 16.7 Å². The topological polar surface area (TPSA) is 12.0 Å². The Bertz CT molecular complexity index is 505. The third-order valence-electron chi connectivity index (χ3n) is 6.06. The van der Waals surface area contributed by atoms with Crippen LogP contribution >= 0.6 is 11.6 Å². The van der Waals surface area contributed by atoms with Crippen molar-refractivity contribution in [3.05, 3.63) is 34.9 Å². The number of fused-ring (bicyclic) bond motifs is 2. The smallest absolute Gasteiger partial charge is 0.0453 e. The Kier molecular flexibility index (Phi) is 3.42. The van der Waals surface area contributed by atoms with Crippen LogP contribution in [0.1, 0.15) is 58.6 Å². The summed E-state index contributed by atoms with van der Waals surface area (Å²) in [4.78, 5) is 0. The van der Waals surface area contributed by atoms with Gasteiger partial charge in [-0.1, -0.05) is 50.6 Å². The Morgan fingerprint density at radius 1 is 1.25 bits per heavy atom. The van der Waals surface area contributed by atoms with Crippen LogP contribution in [0.5, 0.6) is 0 Å². The predicted molar refractivity (Wildman–Crippen MR) is 86.0 cm³/mol. The average Bonchev–Trinajstić information content (AvgIpc) is 2.86. The molecule has 0 heterocycles. The second-order valence-electron chi connectivity index (χ2n) is 7.76. The fourth-order valence-electron chi connectivity index (χ4n) is 4.88. The third-order valence-corrected chi connectivity index (χ3v) is 6.40. The fourth-order valence-corrected chi connectivity index (χ4v) is 5.18. The zero-order valence-corrected chi connectivity index (χ0v) is 13.8. The van der Waals surface area contributed by atoms with Gasteiger partial charge in [0.05, 0.1) is 0 Å². The van der Waals surface area contributed by atoms with Gasteiger partial charge in [0.1, 0.15) is 0 Å². The van der Waals surface area contributed by atoms with Gasteiger partial charge >= 0.3 is 0 Å². The molecule has 110 valence electrons. The van der Waals surface area contributed by atoms with E-state index in [1.165, 1.54) is 24.8 Å². The molecule has 2 bridgehead atoms. The summed E-state index contributed by atoms with van der Waals surface area (Å²) in [6.07, 6.45) is 4.16. The molecule has 2 aliphatic carbocycles. The molecule has 1 N–H and O–H groups in total. The molecule has 1 nitrogen and oxygen atoms in total. The molecule has 20 heavy (non-hydrogen) atoms. The molecule has 0 spiro atoms. The highest BCUT2D eigenvalue weighted by Crippen LogP contribution is 2.62. The van der Waals surface area contributed by atoms with Crippen LogP contribution < -0.4 is 5.32 Å². The number of rotatable bonds is 3. The number of hydrogen-bond acceptors (Lipinski definition) is 1. The lowest BCUT2D eigenvalue weighted by Crippen LogP contribution is -2.51. The van der Waals surface area contributed by atoms with Crippen LogP contribution in [-0.2, 0) is 0 Å². The maximum absolute atomic E-state index is 6.35. The lowest BCUT2D eigenvalue weighted by Gasteiger charge is -2.44. The van der Waals surface area contributed by atoms with Crippen molar-refractivity contribution >= 4 is 11.6 Å². The van der Waals surface area contributed by atoms with Crippen molar-refractivity contribution in [3.8, 4) is 0 Å². The monoisotopic (exact) mass is 291 g/mol. The minimum absolute atomic E-state index is 0.309. The van der Waals surface area contributed by atoms with Crippen LogP contribution in [0.4, 0.5) is 0 Å². The van der Waals surface area contributed by atoms with Crippen LogP contribution in [0.3, 0.4) is 0 Å². The van der Waals surface area contributed by atoms with E-state index in [0.717, 1.165) is 10.9 Å². The average molecular weight is 292 g/mol. The molecule has 1 aromatic carbocycles. The van der Waals surface area contributed by atoms with Crippen molar-refractivity contribution in [3.63, 3.8) is 0 Å². The van der Waals surface area contributed by atoms with E-state index in [0.29, 0.717) is 22.9 Å². The number of halogens is 1. The Hall–Kier alpha value is -0.530. The minimum atomic E-state index is 0.309. The lowest BCUT2D eigenvalue weighted by molar-refractivity contribution is 0.100. The summed E-state index contributed by atoms with van der Waals surface area (Å²) >= 11 is 6.35. The summed E-state index contributed by atoms with van der Waals surface area (Å²) < 4.78 is 0. The van der Waals surface area contributed by atoms with Crippen molar-refractivity contribution in [2.75, 3.05) is 0 Å². The van der Waals surface area contributed by atoms with E-state index in [1.54, 1.807) is 0 Å². The number of hydrogen-bond donors (Lipinski definition) is 1. The van der Waals surface area contributed by atoms with E-state index < -0.39 is 0 Å². The molecular weight excluding hydrogens is 266 g/mol. The van der Waals surface area contributed by atoms with E-state index in [-0.39, 0.29) is 0 Å². The highest BCUT2D eigenvalue weighted by Gasteiger charge is 2.59. The molecule has 0 saturated heterocycles. The zero-order valence-electron chi connectivity index (χ0n) is 13.0. The zero-order chi connectivity index (χ0) is 14.5. The van der Waals surface area contributed by atoms with Crippen LogP contribution in [0.25, 0.3) is 0 Å². The second-order valence-corrected chi connectivity index (χ2v) is 8.17. The Morgan fingerprint density at radius 2 is 1.95 bits per heavy atom. The maximum Gasteiger partial charge on any atom is 0.0453 e. The van der Waals surface area contributed by atoms with Crippen LogP contribution in [0.2, 0.25) is 5.02 Å². The van der Waals surface area contributed by atoms with Gasteiger partial charge in [-0.25, -0.2) is 0 Å². The van der Waals surface area contributed by atoms with E-state index in [2.05, 4.69) is 45.1 Å². The van der Waals surface area contributed by atoms with Crippen LogP contribution in [0, 0.1) is 16.7 Å². The first kappa shape index (κ1) is 14.4. The Balaban J connectivity index is 1.83. The minimum Gasteiger partial charge on any atom is -0.306 e. The van der Waals surface area contributed by atoms with E-state index >= 15 is 0 Å². The molecule has 2 saturated carbocycles. The Labute approximate surface area is 128 Å². The van der Waals surface area contributed by atoms with Crippen molar-refractivity contribution in [1.29, 1.82) is 0 Å². The van der Waals surface area contributed by atoms with Gasteiger partial charge in [0, 0.05) is 17.1 Å². The summed E-state index contributed by atoms with van der Waals surface area (Å²) in [5.74, 6) is 0.878. The van der Waals surface area contributed by atoms with Gasteiger partial charge in [-0.2, -0.15) is 0 Å². The third kappa shape index (κ3) is 2.10. The molecule has 2 aliphatic rings. The molecule has 0 radical (unpaired) electrons. The van der Waals surface area contributed by atoms with Crippen molar-refractivity contribution in [2.45, 2.75) is 59.0 Å². The first-order valence-corrected chi connectivity index (χ1v) is 8.23. The van der Waals surface area contributed by atoms with Crippen LogP contribution in [0.15, 0.2) is 24.3 Å². The quantitative estimate of drug-likeness (QED) is 0.806. The fraction of sp³-hybridized carbons (Fsp3) is 0.667. The standard InChI is InChI=1S/C18H26ClN/c1-12(14-7-5-6-8-15(14)19)20-16-17(2,3)13-9-10-18(16,4)11-13/h5-8,12-13,16,20H,9-11H2,1-4H3/t12-,13?,16?,18?/m0/s1. The molecule has 0 aromatic heterocycles. The number of nitrogens with one attached hydrogen (secondary N) is 1. The second kappa shape index (κ2) is 4.74. The van der Waals surface area contributed by atoms with Gasteiger partial charge in [0.2, 0.25) is 0 Å². The van der Waals surface area contributed by atoms with Gasteiger partial charge in [-0.3, -0.25) is 0 Å². The molecule has 3 rings (SSSR count). The first-order valence-electron chi connectivity index (χ1n) is 7.85. The summed E-state index contributed by atoms with van der Waals surface area (Å²) in [6, 6.07) is 9.10. The molecule has 3 unspecified atom stereocenters. The van der Waals surface area contributed by atoms with Gasteiger partial charge in [-0.05, 0) is 54.6 Å². The van der Waals surface area contributed by atoms with E-state index in [4.69, 9.17) is 11.6 Å². The molecule has 0 aliphatic heterocycles. The molecule has 1 aromatic rings. The summed E-state index contributed by atoms with van der Waals surface area (Å²) in [5, 5.41) is 4.79. The number of benzene rings is 1. The largest absolute Gasteiger partial charge is 0.306 e. The molecular formula is C18H26ClN. The molecule has 2 fully saturated rings. The molecule has 0 amide bonds. The van der Waals surface area contributed by atoms with Crippen molar-refractivity contribution < 1.29 is 0 Å². The first-order chi connectivity index (χ1) is 9.34. The Morgan fingerprint density at radius 3 is 2.55 bits per heavy atom. The van der Waals surface area contributed by atoms with Gasteiger partial charge in [0.25, 0.3) is 0 Å². The predicted octanol–water partition coefficient (Wildman–Crippen LogP) is 5.21. The molecule has 2 heteroatoms. The van der Waals surface area contributed by atoms with E-state index in [1.807, 2.05) is 12.1 Å². The normalized spacial score (nSPS) is 36.2. The van der Waals surface area contributed by atoms with Gasteiger partial charge < -0.3 is 5.32 Å². The highest BCUT2D eigenvalue weighted by molar-refractivity contribution is 6.31. The van der Waals surface area contributed by atoms with Gasteiger partial charge in [0.15, 0.2) is 0 Å². The van der Waals surface area contributed by atoms with Crippen molar-refractivity contribution in [1.82, 2.24) is 5.32 Å². The highest BCUT2D eigenvalue weighted by atomic mass is 35.5.